The van der Waals surface area contributed by atoms with Crippen LogP contribution in [0.25, 0.3) is 0 Å². The first-order valence-electron chi connectivity index (χ1n) is 8.51. The van der Waals surface area contributed by atoms with Crippen LogP contribution < -0.4 is 4.74 Å². The summed E-state index contributed by atoms with van der Waals surface area (Å²) in [6.07, 6.45) is 0.440. The Morgan fingerprint density at radius 3 is 2.48 bits per heavy atom. The molecule has 0 fully saturated rings. The van der Waals surface area contributed by atoms with Crippen molar-refractivity contribution >= 4 is 40.8 Å². The quantitative estimate of drug-likeness (QED) is 0.431. The first kappa shape index (κ1) is 21.7. The largest absolute Gasteiger partial charge is 0.508 e. The molecule has 0 atom stereocenters. The van der Waals surface area contributed by atoms with Crippen LogP contribution in [0, 0.1) is 0 Å². The van der Waals surface area contributed by atoms with E-state index in [0.717, 1.165) is 11.1 Å². The Morgan fingerprint density at radius 2 is 1.85 bits per heavy atom. The van der Waals surface area contributed by atoms with Gasteiger partial charge >= 0.3 is 5.97 Å². The maximum absolute atomic E-state index is 11.4. The average Bonchev–Trinajstić information content (AvgIpc) is 2.62. The molecule has 0 aliphatic rings. The number of ether oxygens (including phenoxy) is 2. The van der Waals surface area contributed by atoms with Crippen molar-refractivity contribution in [2.24, 2.45) is 0 Å². The lowest BCUT2D eigenvalue weighted by atomic mass is 9.96. The second kappa shape index (κ2) is 9.54. The number of aromatic hydroxyl groups is 1. The summed E-state index contributed by atoms with van der Waals surface area (Å²) in [6.45, 7) is 5.70. The van der Waals surface area contributed by atoms with E-state index in [1.165, 1.54) is 6.07 Å². The molecule has 27 heavy (non-hydrogen) atoms. The van der Waals surface area contributed by atoms with Crippen LogP contribution in [-0.4, -0.2) is 24.3 Å². The Balaban J connectivity index is 2.27. The van der Waals surface area contributed by atoms with Gasteiger partial charge in [-0.2, -0.15) is 0 Å². The number of phenols is 1. The molecule has 0 unspecified atom stereocenters. The number of benzene rings is 2. The van der Waals surface area contributed by atoms with Gasteiger partial charge in [-0.05, 0) is 35.6 Å². The second-order valence-electron chi connectivity index (χ2n) is 6.28. The SMILES string of the molecule is CCOC(=O)COc1cc(Cl)c(Cc2ccc(O)c(C(C)C)c2)c(Cl)c1Cl. The smallest absolute Gasteiger partial charge is 0.344 e. The molecule has 0 radical (unpaired) electrons. The number of hydrogen-bond acceptors (Lipinski definition) is 4. The van der Waals surface area contributed by atoms with Gasteiger partial charge in [-0.15, -0.1) is 0 Å². The Hall–Kier alpha value is -1.62. The highest BCUT2D eigenvalue weighted by Crippen LogP contribution is 2.40. The van der Waals surface area contributed by atoms with Crippen molar-refractivity contribution in [2.75, 3.05) is 13.2 Å². The molecule has 2 rings (SSSR count). The molecule has 0 spiro atoms. The maximum Gasteiger partial charge on any atom is 0.344 e. The van der Waals surface area contributed by atoms with Crippen LogP contribution in [0.1, 0.15) is 43.4 Å². The van der Waals surface area contributed by atoms with E-state index in [-0.39, 0.29) is 40.7 Å². The third-order valence-corrected chi connectivity index (χ3v) is 5.19. The average molecular weight is 432 g/mol. The minimum absolute atomic E-state index is 0.179. The number of halogens is 3. The Labute approximate surface area is 174 Å². The van der Waals surface area contributed by atoms with Crippen molar-refractivity contribution in [2.45, 2.75) is 33.1 Å². The van der Waals surface area contributed by atoms with Gasteiger partial charge in [0.1, 0.15) is 16.5 Å². The van der Waals surface area contributed by atoms with Gasteiger partial charge in [-0.25, -0.2) is 4.79 Å². The molecule has 0 amide bonds. The molecule has 0 saturated carbocycles. The summed E-state index contributed by atoms with van der Waals surface area (Å²) in [5, 5.41) is 10.8. The van der Waals surface area contributed by atoms with Crippen LogP contribution in [0.3, 0.4) is 0 Å². The van der Waals surface area contributed by atoms with Crippen LogP contribution in [0.5, 0.6) is 11.5 Å². The van der Waals surface area contributed by atoms with Gasteiger partial charge in [-0.3, -0.25) is 0 Å². The topological polar surface area (TPSA) is 55.8 Å². The molecule has 2 aromatic carbocycles. The van der Waals surface area contributed by atoms with Gasteiger partial charge in [-0.1, -0.05) is 60.8 Å². The Bertz CT molecular complexity index is 834. The molecule has 0 heterocycles. The third-order valence-electron chi connectivity index (χ3n) is 3.97. The van der Waals surface area contributed by atoms with E-state index >= 15 is 0 Å². The van der Waals surface area contributed by atoms with E-state index in [2.05, 4.69) is 0 Å². The van der Waals surface area contributed by atoms with Crippen LogP contribution in [-0.2, 0) is 16.0 Å². The van der Waals surface area contributed by atoms with Crippen LogP contribution >= 0.6 is 34.8 Å². The molecule has 0 aliphatic carbocycles. The minimum atomic E-state index is -0.504. The molecule has 0 aliphatic heterocycles. The fraction of sp³-hybridized carbons (Fsp3) is 0.350. The van der Waals surface area contributed by atoms with Crippen molar-refractivity contribution < 1.29 is 19.4 Å². The highest BCUT2D eigenvalue weighted by atomic mass is 35.5. The number of rotatable bonds is 7. The van der Waals surface area contributed by atoms with Crippen LogP contribution in [0.4, 0.5) is 0 Å². The molecular formula is C20H21Cl3O4. The van der Waals surface area contributed by atoms with E-state index in [1.54, 1.807) is 13.0 Å². The number of carbonyl (C=O) groups is 1. The summed E-state index contributed by atoms with van der Waals surface area (Å²) in [5.41, 5.74) is 2.43. The van der Waals surface area contributed by atoms with Gasteiger partial charge in [0, 0.05) is 17.5 Å². The van der Waals surface area contributed by atoms with Gasteiger partial charge < -0.3 is 14.6 Å². The van der Waals surface area contributed by atoms with Gasteiger partial charge in [0.2, 0.25) is 0 Å². The summed E-state index contributed by atoms with van der Waals surface area (Å²) in [6, 6.07) is 6.93. The molecule has 1 N–H and O–H groups in total. The van der Waals surface area contributed by atoms with Gasteiger partial charge in [0.05, 0.1) is 11.6 Å². The van der Waals surface area contributed by atoms with Crippen LogP contribution in [0.2, 0.25) is 15.1 Å². The highest BCUT2D eigenvalue weighted by molar-refractivity contribution is 6.45. The van der Waals surface area contributed by atoms with Gasteiger partial charge in [0.15, 0.2) is 6.61 Å². The molecular weight excluding hydrogens is 411 g/mol. The summed E-state index contributed by atoms with van der Waals surface area (Å²) in [7, 11) is 0. The molecule has 146 valence electrons. The zero-order valence-corrected chi connectivity index (χ0v) is 17.6. The summed E-state index contributed by atoms with van der Waals surface area (Å²) in [5.74, 6) is 0.150. The highest BCUT2D eigenvalue weighted by Gasteiger charge is 2.18. The monoisotopic (exact) mass is 430 g/mol. The van der Waals surface area contributed by atoms with Crippen molar-refractivity contribution in [3.63, 3.8) is 0 Å². The lowest BCUT2D eigenvalue weighted by Gasteiger charge is -2.15. The maximum atomic E-state index is 11.4. The number of phenolic OH excluding ortho intramolecular Hbond substituents is 1. The predicted octanol–water partition coefficient (Wildman–Crippen LogP) is 6.01. The zero-order valence-electron chi connectivity index (χ0n) is 15.3. The van der Waals surface area contributed by atoms with Gasteiger partial charge in [0.25, 0.3) is 0 Å². The summed E-state index contributed by atoms with van der Waals surface area (Å²) in [4.78, 5) is 11.4. The predicted molar refractivity (Wildman–Crippen MR) is 109 cm³/mol. The van der Waals surface area contributed by atoms with E-state index in [4.69, 9.17) is 44.3 Å². The first-order valence-corrected chi connectivity index (χ1v) is 9.64. The molecule has 4 nitrogen and oxygen atoms in total. The number of esters is 1. The lowest BCUT2D eigenvalue weighted by Crippen LogP contribution is -2.14. The third kappa shape index (κ3) is 5.44. The standard InChI is InChI=1S/C20H21Cl3O4/c1-4-26-18(25)10-27-17-9-15(21)14(19(22)20(17)23)8-12-5-6-16(24)13(7-12)11(2)3/h5-7,9,11,24H,4,8,10H2,1-3H3. The molecule has 2 aromatic rings. The number of carbonyl (C=O) groups excluding carboxylic acids is 1. The lowest BCUT2D eigenvalue weighted by molar-refractivity contribution is -0.145. The minimum Gasteiger partial charge on any atom is -0.508 e. The van der Waals surface area contributed by atoms with E-state index in [9.17, 15) is 9.90 Å². The van der Waals surface area contributed by atoms with E-state index < -0.39 is 5.97 Å². The molecule has 7 heteroatoms. The number of hydrogen-bond donors (Lipinski definition) is 1. The first-order chi connectivity index (χ1) is 12.7. The summed E-state index contributed by atoms with van der Waals surface area (Å²) < 4.78 is 10.2. The molecule has 0 aromatic heterocycles. The molecule has 0 bridgehead atoms. The Morgan fingerprint density at radius 1 is 1.15 bits per heavy atom. The fourth-order valence-corrected chi connectivity index (χ4v) is 3.39. The van der Waals surface area contributed by atoms with Crippen molar-refractivity contribution in [1.29, 1.82) is 0 Å². The van der Waals surface area contributed by atoms with Crippen LogP contribution in [0.15, 0.2) is 24.3 Å². The second-order valence-corrected chi connectivity index (χ2v) is 7.44. The molecule has 0 saturated heterocycles. The van der Waals surface area contributed by atoms with Crippen molar-refractivity contribution in [3.8, 4) is 11.5 Å². The fourth-order valence-electron chi connectivity index (χ4n) is 2.60. The van der Waals surface area contributed by atoms with E-state index in [1.807, 2.05) is 26.0 Å². The normalized spacial score (nSPS) is 10.9. The summed E-state index contributed by atoms with van der Waals surface area (Å²) >= 11 is 19.1. The Kier molecular flexibility index (Phi) is 7.66. The van der Waals surface area contributed by atoms with Crippen molar-refractivity contribution in [3.05, 3.63) is 56.0 Å². The zero-order chi connectivity index (χ0) is 20.1. The van der Waals surface area contributed by atoms with E-state index in [0.29, 0.717) is 17.0 Å². The van der Waals surface area contributed by atoms with Crippen molar-refractivity contribution in [1.82, 2.24) is 0 Å².